The molecule has 4 nitrogen and oxygen atoms in total. The van der Waals surface area contributed by atoms with Crippen LogP contribution in [0.2, 0.25) is 0 Å². The van der Waals surface area contributed by atoms with E-state index >= 15 is 0 Å². The molecule has 0 aromatic heterocycles. The summed E-state index contributed by atoms with van der Waals surface area (Å²) in [4.78, 5) is 2.49. The summed E-state index contributed by atoms with van der Waals surface area (Å²) < 4.78 is 10.9. The van der Waals surface area contributed by atoms with Crippen molar-refractivity contribution in [2.45, 2.75) is 32.2 Å². The fourth-order valence-electron chi connectivity index (χ4n) is 3.25. The van der Waals surface area contributed by atoms with Gasteiger partial charge in [0.1, 0.15) is 11.5 Å². The molecule has 1 aromatic carbocycles. The summed E-state index contributed by atoms with van der Waals surface area (Å²) in [6, 6.07) is 6.16. The molecule has 1 aromatic rings. The lowest BCUT2D eigenvalue weighted by Crippen LogP contribution is -2.39. The number of likely N-dealkylation sites (tertiary alicyclic amines) is 1. The van der Waals surface area contributed by atoms with Gasteiger partial charge in [-0.2, -0.15) is 0 Å². The number of nitrogens with zero attached hydrogens (tertiary/aromatic N) is 1. The number of piperidine rings is 1. The van der Waals surface area contributed by atoms with Gasteiger partial charge in [-0.15, -0.1) is 0 Å². The minimum absolute atomic E-state index is 0.202. The summed E-state index contributed by atoms with van der Waals surface area (Å²) in [5.74, 6) is 2.61. The van der Waals surface area contributed by atoms with E-state index in [4.69, 9.17) is 15.2 Å². The van der Waals surface area contributed by atoms with Crippen LogP contribution in [0.25, 0.3) is 0 Å². The number of nitrogens with two attached hydrogens (primary N) is 1. The average molecular weight is 292 g/mol. The van der Waals surface area contributed by atoms with E-state index in [9.17, 15) is 0 Å². The molecule has 2 rings (SSSR count). The van der Waals surface area contributed by atoms with Gasteiger partial charge in [-0.25, -0.2) is 0 Å². The molecule has 0 radical (unpaired) electrons. The highest BCUT2D eigenvalue weighted by Gasteiger charge is 2.26. The van der Waals surface area contributed by atoms with E-state index in [1.165, 1.54) is 19.3 Å². The fraction of sp³-hybridized carbons (Fsp3) is 0.647. The zero-order chi connectivity index (χ0) is 15.2. The molecule has 118 valence electrons. The Labute approximate surface area is 128 Å². The standard InChI is InChI=1S/C17H28N2O2/c1-4-13-7-9-19(10-8-13)16(12-18)15-11-14(20-2)5-6-17(15)21-3/h5-6,11,13,16H,4,7-10,12,18H2,1-3H3. The maximum Gasteiger partial charge on any atom is 0.123 e. The van der Waals surface area contributed by atoms with Crippen LogP contribution < -0.4 is 15.2 Å². The summed E-state index contributed by atoms with van der Waals surface area (Å²) in [7, 11) is 3.40. The summed E-state index contributed by atoms with van der Waals surface area (Å²) in [6.45, 7) is 5.10. The van der Waals surface area contributed by atoms with Crippen LogP contribution in [0.4, 0.5) is 0 Å². The smallest absolute Gasteiger partial charge is 0.123 e. The van der Waals surface area contributed by atoms with Crippen molar-refractivity contribution in [1.82, 2.24) is 4.90 Å². The maximum atomic E-state index is 6.08. The molecule has 2 N–H and O–H groups in total. The van der Waals surface area contributed by atoms with Gasteiger partial charge in [0.25, 0.3) is 0 Å². The molecule has 0 spiro atoms. The molecule has 1 aliphatic heterocycles. The van der Waals surface area contributed by atoms with Crippen LogP contribution in [-0.2, 0) is 0 Å². The highest BCUT2D eigenvalue weighted by molar-refractivity contribution is 5.42. The van der Waals surface area contributed by atoms with Gasteiger partial charge in [-0.05, 0) is 50.0 Å². The molecular weight excluding hydrogens is 264 g/mol. The third kappa shape index (κ3) is 3.69. The summed E-state index contributed by atoms with van der Waals surface area (Å²) in [6.07, 6.45) is 3.81. The zero-order valence-electron chi connectivity index (χ0n) is 13.5. The molecule has 0 saturated carbocycles. The van der Waals surface area contributed by atoms with Crippen molar-refractivity contribution in [3.8, 4) is 11.5 Å². The normalized spacial score (nSPS) is 18.5. The summed E-state index contributed by atoms with van der Waals surface area (Å²) >= 11 is 0. The first-order valence-corrected chi connectivity index (χ1v) is 7.89. The number of benzene rings is 1. The van der Waals surface area contributed by atoms with Crippen LogP contribution in [0, 0.1) is 5.92 Å². The van der Waals surface area contributed by atoms with Crippen molar-refractivity contribution in [1.29, 1.82) is 0 Å². The Morgan fingerprint density at radius 2 is 1.95 bits per heavy atom. The highest BCUT2D eigenvalue weighted by Crippen LogP contribution is 2.34. The number of rotatable bonds is 6. The lowest BCUT2D eigenvalue weighted by Gasteiger charge is -2.37. The largest absolute Gasteiger partial charge is 0.497 e. The second-order valence-corrected chi connectivity index (χ2v) is 5.75. The van der Waals surface area contributed by atoms with E-state index in [0.717, 1.165) is 36.1 Å². The van der Waals surface area contributed by atoms with E-state index in [2.05, 4.69) is 17.9 Å². The molecule has 4 heteroatoms. The first-order chi connectivity index (χ1) is 10.2. The van der Waals surface area contributed by atoms with E-state index < -0.39 is 0 Å². The van der Waals surface area contributed by atoms with Crippen LogP contribution in [0.15, 0.2) is 18.2 Å². The van der Waals surface area contributed by atoms with Crippen molar-refractivity contribution >= 4 is 0 Å². The monoisotopic (exact) mass is 292 g/mol. The quantitative estimate of drug-likeness (QED) is 0.876. The van der Waals surface area contributed by atoms with E-state index in [0.29, 0.717) is 6.54 Å². The highest BCUT2D eigenvalue weighted by atomic mass is 16.5. The number of methoxy groups -OCH3 is 2. The molecule has 0 bridgehead atoms. The van der Waals surface area contributed by atoms with Gasteiger partial charge < -0.3 is 15.2 Å². The van der Waals surface area contributed by atoms with Crippen molar-refractivity contribution in [3.05, 3.63) is 23.8 Å². The van der Waals surface area contributed by atoms with Crippen molar-refractivity contribution in [2.75, 3.05) is 33.9 Å². The van der Waals surface area contributed by atoms with E-state index in [1.807, 2.05) is 12.1 Å². The molecule has 1 aliphatic rings. The number of hydrogen-bond acceptors (Lipinski definition) is 4. The predicted octanol–water partition coefficient (Wildman–Crippen LogP) is 2.83. The third-order valence-electron chi connectivity index (χ3n) is 4.69. The lowest BCUT2D eigenvalue weighted by molar-refractivity contribution is 0.132. The predicted molar refractivity (Wildman–Crippen MR) is 85.9 cm³/mol. The maximum absolute atomic E-state index is 6.08. The van der Waals surface area contributed by atoms with Gasteiger partial charge in [0.2, 0.25) is 0 Å². The van der Waals surface area contributed by atoms with Crippen LogP contribution in [0.1, 0.15) is 37.8 Å². The first kappa shape index (κ1) is 16.1. The Kier molecular flexibility index (Phi) is 5.88. The van der Waals surface area contributed by atoms with Crippen LogP contribution in [0.3, 0.4) is 0 Å². The van der Waals surface area contributed by atoms with Gasteiger partial charge in [-0.1, -0.05) is 13.3 Å². The van der Waals surface area contributed by atoms with Gasteiger partial charge in [-0.3, -0.25) is 4.90 Å². The Morgan fingerprint density at radius 1 is 1.24 bits per heavy atom. The molecule has 1 heterocycles. The summed E-state index contributed by atoms with van der Waals surface area (Å²) in [5, 5.41) is 0. The van der Waals surface area contributed by atoms with Gasteiger partial charge >= 0.3 is 0 Å². The minimum Gasteiger partial charge on any atom is -0.497 e. The molecule has 1 atom stereocenters. The molecular formula is C17H28N2O2. The second-order valence-electron chi connectivity index (χ2n) is 5.75. The van der Waals surface area contributed by atoms with E-state index in [-0.39, 0.29) is 6.04 Å². The van der Waals surface area contributed by atoms with Gasteiger partial charge in [0.05, 0.1) is 20.3 Å². The van der Waals surface area contributed by atoms with Crippen molar-refractivity contribution in [2.24, 2.45) is 11.7 Å². The molecule has 1 unspecified atom stereocenters. The Bertz CT molecular complexity index is 442. The van der Waals surface area contributed by atoms with Crippen LogP contribution >= 0.6 is 0 Å². The van der Waals surface area contributed by atoms with Crippen LogP contribution in [-0.4, -0.2) is 38.8 Å². The van der Waals surface area contributed by atoms with Crippen molar-refractivity contribution in [3.63, 3.8) is 0 Å². The first-order valence-electron chi connectivity index (χ1n) is 7.89. The SMILES string of the molecule is CCC1CCN(C(CN)c2cc(OC)ccc2OC)CC1. The van der Waals surface area contributed by atoms with Gasteiger partial charge in [0.15, 0.2) is 0 Å². The lowest BCUT2D eigenvalue weighted by atomic mass is 9.92. The average Bonchev–Trinajstić information content (AvgIpc) is 2.56. The minimum atomic E-state index is 0.202. The zero-order valence-corrected chi connectivity index (χ0v) is 13.5. The molecule has 21 heavy (non-hydrogen) atoms. The number of hydrogen-bond donors (Lipinski definition) is 1. The third-order valence-corrected chi connectivity index (χ3v) is 4.69. The topological polar surface area (TPSA) is 47.7 Å². The van der Waals surface area contributed by atoms with Crippen molar-refractivity contribution < 1.29 is 9.47 Å². The molecule has 1 fully saturated rings. The summed E-state index contributed by atoms with van der Waals surface area (Å²) in [5.41, 5.74) is 7.21. The Hall–Kier alpha value is -1.26. The van der Waals surface area contributed by atoms with E-state index in [1.54, 1.807) is 14.2 Å². The number of ether oxygens (including phenoxy) is 2. The Balaban J connectivity index is 2.20. The molecule has 1 saturated heterocycles. The molecule has 0 amide bonds. The fourth-order valence-corrected chi connectivity index (χ4v) is 3.25. The Morgan fingerprint density at radius 3 is 2.48 bits per heavy atom. The van der Waals surface area contributed by atoms with Crippen LogP contribution in [0.5, 0.6) is 11.5 Å². The van der Waals surface area contributed by atoms with Gasteiger partial charge in [0, 0.05) is 12.1 Å². The second kappa shape index (κ2) is 7.66. The molecule has 0 aliphatic carbocycles.